The number of nitrogens with zero attached hydrogens (tertiary/aromatic N) is 1. The second-order valence-electron chi connectivity index (χ2n) is 8.95. The van der Waals surface area contributed by atoms with Crippen molar-refractivity contribution in [3.05, 3.63) is 65.0 Å². The topological polar surface area (TPSA) is 52.6 Å². The largest absolute Gasteiger partial charge is 0.465 e. The monoisotopic (exact) mass is 420 g/mol. The Balaban J connectivity index is 1.81. The molecule has 2 aromatic carbocycles. The fourth-order valence-electron chi connectivity index (χ4n) is 4.09. The molecule has 1 amide bonds. The van der Waals surface area contributed by atoms with Crippen molar-refractivity contribution in [2.24, 2.45) is 5.41 Å². The van der Waals surface area contributed by atoms with Gasteiger partial charge in [-0.3, -0.25) is 0 Å². The molecule has 1 aliphatic rings. The number of carboxylic acid groups (broad SMARTS) is 1. The van der Waals surface area contributed by atoms with Gasteiger partial charge in [0.15, 0.2) is 11.6 Å². The Morgan fingerprint density at radius 1 is 1.13 bits per heavy atom. The molecule has 0 aromatic heterocycles. The zero-order valence-electron chi connectivity index (χ0n) is 17.4. The van der Waals surface area contributed by atoms with E-state index in [1.54, 1.807) is 6.07 Å². The van der Waals surface area contributed by atoms with Crippen LogP contribution in [0.5, 0.6) is 0 Å². The molecule has 2 atom stereocenters. The van der Waals surface area contributed by atoms with Crippen molar-refractivity contribution in [3.63, 3.8) is 0 Å². The third-order valence-electron chi connectivity index (χ3n) is 5.65. The van der Waals surface area contributed by atoms with Crippen molar-refractivity contribution in [2.45, 2.75) is 52.1 Å². The fraction of sp³-hybridized carbons (Fsp3) is 0.435. The summed E-state index contributed by atoms with van der Waals surface area (Å²) < 4.78 is 40.7. The summed E-state index contributed by atoms with van der Waals surface area (Å²) >= 11 is 0. The van der Waals surface area contributed by atoms with Gasteiger partial charge >= 0.3 is 6.09 Å². The summed E-state index contributed by atoms with van der Waals surface area (Å²) in [5, 5.41) is 13.0. The quantitative estimate of drug-likeness (QED) is 0.671. The van der Waals surface area contributed by atoms with Crippen molar-refractivity contribution in [1.82, 2.24) is 4.90 Å². The molecular formula is C23H27F3N2O2. The van der Waals surface area contributed by atoms with Crippen LogP contribution in [-0.4, -0.2) is 34.7 Å². The Hall–Kier alpha value is -2.70. The van der Waals surface area contributed by atoms with Crippen molar-refractivity contribution in [2.75, 3.05) is 11.9 Å². The van der Waals surface area contributed by atoms with Gasteiger partial charge in [0.2, 0.25) is 0 Å². The number of likely N-dealkylation sites (tertiary alicyclic amines) is 1. The van der Waals surface area contributed by atoms with Crippen LogP contribution in [0, 0.1) is 22.9 Å². The van der Waals surface area contributed by atoms with Gasteiger partial charge < -0.3 is 15.3 Å². The lowest BCUT2D eigenvalue weighted by molar-refractivity contribution is 0.0557. The fourth-order valence-corrected chi connectivity index (χ4v) is 4.09. The summed E-state index contributed by atoms with van der Waals surface area (Å²) in [6.45, 7) is 6.46. The molecular weight excluding hydrogens is 393 g/mol. The van der Waals surface area contributed by atoms with E-state index in [1.165, 1.54) is 23.1 Å². The lowest BCUT2D eigenvalue weighted by Gasteiger charge is -2.45. The average molecular weight is 420 g/mol. The summed E-state index contributed by atoms with van der Waals surface area (Å²) in [6.07, 6.45) is 0.571. The minimum Gasteiger partial charge on any atom is -0.465 e. The van der Waals surface area contributed by atoms with Crippen molar-refractivity contribution < 1.29 is 23.1 Å². The van der Waals surface area contributed by atoms with Gasteiger partial charge in [0.1, 0.15) is 5.82 Å². The average Bonchev–Trinajstić information content (AvgIpc) is 2.66. The molecule has 30 heavy (non-hydrogen) atoms. The summed E-state index contributed by atoms with van der Waals surface area (Å²) in [6, 6.07) is 7.89. The van der Waals surface area contributed by atoms with Gasteiger partial charge in [-0.25, -0.2) is 18.0 Å². The lowest BCUT2D eigenvalue weighted by atomic mass is 9.79. The molecule has 1 heterocycles. The molecule has 1 fully saturated rings. The Kier molecular flexibility index (Phi) is 6.29. The van der Waals surface area contributed by atoms with Gasteiger partial charge in [0, 0.05) is 24.3 Å². The van der Waals surface area contributed by atoms with Crippen molar-refractivity contribution in [1.29, 1.82) is 0 Å². The first kappa shape index (κ1) is 22.0. The Morgan fingerprint density at radius 2 is 1.87 bits per heavy atom. The first-order valence-corrected chi connectivity index (χ1v) is 10.0. The smallest absolute Gasteiger partial charge is 0.407 e. The minimum atomic E-state index is -0.938. The maximum absolute atomic E-state index is 13.9. The van der Waals surface area contributed by atoms with E-state index < -0.39 is 23.5 Å². The Bertz CT molecular complexity index is 927. The molecule has 2 unspecified atom stereocenters. The molecule has 1 aliphatic heterocycles. The van der Waals surface area contributed by atoms with E-state index >= 15 is 0 Å². The van der Waals surface area contributed by atoms with Crippen molar-refractivity contribution in [3.8, 4) is 0 Å². The molecule has 0 bridgehead atoms. The number of amides is 1. The third kappa shape index (κ3) is 5.07. The predicted molar refractivity (Wildman–Crippen MR) is 110 cm³/mol. The second-order valence-corrected chi connectivity index (χ2v) is 8.95. The van der Waals surface area contributed by atoms with Crippen LogP contribution >= 0.6 is 0 Å². The molecule has 1 saturated heterocycles. The number of piperidine rings is 1. The number of nitrogens with one attached hydrogen (secondary N) is 1. The number of halogens is 3. The van der Waals surface area contributed by atoms with Crippen LogP contribution in [0.15, 0.2) is 36.4 Å². The maximum Gasteiger partial charge on any atom is 0.407 e. The highest BCUT2D eigenvalue weighted by molar-refractivity contribution is 5.66. The second kappa shape index (κ2) is 8.58. The highest BCUT2D eigenvalue weighted by Gasteiger charge is 2.38. The lowest BCUT2D eigenvalue weighted by Crippen LogP contribution is -2.54. The summed E-state index contributed by atoms with van der Waals surface area (Å²) in [5.41, 5.74) is 1.66. The molecule has 0 saturated carbocycles. The van der Waals surface area contributed by atoms with E-state index in [2.05, 4.69) is 5.32 Å². The number of hydrogen-bond donors (Lipinski definition) is 2. The highest BCUT2D eigenvalue weighted by Crippen LogP contribution is 2.34. The third-order valence-corrected chi connectivity index (χ3v) is 5.65. The molecule has 4 nitrogen and oxygen atoms in total. The first-order valence-electron chi connectivity index (χ1n) is 10.0. The van der Waals surface area contributed by atoms with Gasteiger partial charge in [-0.15, -0.1) is 0 Å². The number of carbonyl (C=O) groups is 1. The van der Waals surface area contributed by atoms with E-state index in [0.29, 0.717) is 36.2 Å². The Morgan fingerprint density at radius 3 is 2.50 bits per heavy atom. The molecule has 3 rings (SSSR count). The molecule has 0 spiro atoms. The van der Waals surface area contributed by atoms with Crippen LogP contribution in [0.1, 0.15) is 44.7 Å². The van der Waals surface area contributed by atoms with Crippen LogP contribution in [0.25, 0.3) is 0 Å². The van der Waals surface area contributed by atoms with E-state index in [9.17, 15) is 23.1 Å². The van der Waals surface area contributed by atoms with E-state index in [4.69, 9.17) is 0 Å². The van der Waals surface area contributed by atoms with E-state index in [-0.39, 0.29) is 23.9 Å². The zero-order chi connectivity index (χ0) is 22.1. The van der Waals surface area contributed by atoms with Gasteiger partial charge in [-0.05, 0) is 66.1 Å². The number of rotatable bonds is 4. The summed E-state index contributed by atoms with van der Waals surface area (Å²) in [5.74, 6) is -2.27. The standard InChI is InChI=1S/C23H27F3N2O2/c1-23(2,3)21-13-17(8-9-28(21)22(29)30)27-20-7-5-16(24)12-15(20)10-14-4-6-18(25)19(26)11-14/h4-7,11-12,17,21,27H,8-10,13H2,1-3H3,(H,29,30). The first-order chi connectivity index (χ1) is 14.0. The zero-order valence-corrected chi connectivity index (χ0v) is 17.4. The van der Waals surface area contributed by atoms with Crippen LogP contribution in [-0.2, 0) is 6.42 Å². The Labute approximate surface area is 174 Å². The molecule has 162 valence electrons. The molecule has 2 N–H and O–H groups in total. The molecule has 7 heteroatoms. The SMILES string of the molecule is CC(C)(C)C1CC(Nc2ccc(F)cc2Cc2ccc(F)c(F)c2)CCN1C(=O)O. The molecule has 2 aromatic rings. The van der Waals surface area contributed by atoms with E-state index in [0.717, 1.165) is 12.1 Å². The van der Waals surface area contributed by atoms with Gasteiger partial charge in [-0.2, -0.15) is 0 Å². The normalized spacial score (nSPS) is 19.6. The van der Waals surface area contributed by atoms with Crippen LogP contribution < -0.4 is 5.32 Å². The minimum absolute atomic E-state index is 0.0130. The number of hydrogen-bond acceptors (Lipinski definition) is 2. The predicted octanol–water partition coefficient (Wildman–Crippen LogP) is 5.66. The van der Waals surface area contributed by atoms with Gasteiger partial charge in [0.05, 0.1) is 0 Å². The molecule has 0 aliphatic carbocycles. The van der Waals surface area contributed by atoms with Crippen LogP contribution in [0.3, 0.4) is 0 Å². The van der Waals surface area contributed by atoms with Crippen LogP contribution in [0.4, 0.5) is 23.7 Å². The van der Waals surface area contributed by atoms with Crippen LogP contribution in [0.2, 0.25) is 0 Å². The van der Waals surface area contributed by atoms with Crippen molar-refractivity contribution >= 4 is 11.8 Å². The van der Waals surface area contributed by atoms with Gasteiger partial charge in [-0.1, -0.05) is 26.8 Å². The highest BCUT2D eigenvalue weighted by atomic mass is 19.2. The van der Waals surface area contributed by atoms with E-state index in [1.807, 2.05) is 20.8 Å². The molecule has 0 radical (unpaired) electrons. The number of benzene rings is 2. The summed E-state index contributed by atoms with van der Waals surface area (Å²) in [4.78, 5) is 13.1. The summed E-state index contributed by atoms with van der Waals surface area (Å²) in [7, 11) is 0. The number of anilines is 1. The maximum atomic E-state index is 13.9. The van der Waals surface area contributed by atoms with Gasteiger partial charge in [0.25, 0.3) is 0 Å².